The van der Waals surface area contributed by atoms with Crippen molar-refractivity contribution in [2.45, 2.75) is 58.3 Å². The molecule has 0 rings (SSSR count). The number of carbonyl (C=O) groups is 1. The first-order chi connectivity index (χ1) is 8.41. The van der Waals surface area contributed by atoms with E-state index in [0.717, 1.165) is 19.1 Å². The van der Waals surface area contributed by atoms with Gasteiger partial charge in [0, 0.05) is 0 Å². The molecule has 0 aromatic heterocycles. The van der Waals surface area contributed by atoms with Crippen molar-refractivity contribution in [1.82, 2.24) is 0 Å². The Morgan fingerprint density at radius 2 is 1.24 bits per heavy atom. The molecule has 0 aromatic rings. The van der Waals surface area contributed by atoms with Crippen LogP contribution in [0.4, 0.5) is 0 Å². The average Bonchev–Trinajstić information content (AvgIpc) is 2.35. The third kappa shape index (κ3) is 14.9. The Balaban J connectivity index is 3.13. The molecule has 0 radical (unpaired) electrons. The molecule has 1 nitrogen and oxygen atoms in total. The second kappa shape index (κ2) is 14.9. The van der Waals surface area contributed by atoms with Crippen molar-refractivity contribution < 1.29 is 4.79 Å². The molecule has 0 atom stereocenters. The normalized spacial score (nSPS) is 12.1. The fraction of sp³-hybridized carbons (Fsp3) is 0.562. The zero-order chi connectivity index (χ0) is 12.6. The Kier molecular flexibility index (Phi) is 13.9. The van der Waals surface area contributed by atoms with Gasteiger partial charge in [0.25, 0.3) is 0 Å². The highest BCUT2D eigenvalue weighted by molar-refractivity contribution is 5.64. The van der Waals surface area contributed by atoms with Gasteiger partial charge < -0.3 is 0 Å². The molecule has 0 bridgehead atoms. The van der Waals surface area contributed by atoms with Crippen LogP contribution in [0.1, 0.15) is 58.3 Å². The molecule has 0 heterocycles. The summed E-state index contributed by atoms with van der Waals surface area (Å²) in [7, 11) is 0. The quantitative estimate of drug-likeness (QED) is 0.213. The number of carbonyl (C=O) groups excluding carboxylic acids is 1. The Morgan fingerprint density at radius 3 is 1.82 bits per heavy atom. The van der Waals surface area contributed by atoms with Crippen molar-refractivity contribution in [3.63, 3.8) is 0 Å². The van der Waals surface area contributed by atoms with E-state index in [0.29, 0.717) is 0 Å². The van der Waals surface area contributed by atoms with E-state index < -0.39 is 0 Å². The molecular weight excluding hydrogens is 208 g/mol. The van der Waals surface area contributed by atoms with E-state index in [1.54, 1.807) is 6.08 Å². The van der Waals surface area contributed by atoms with Crippen LogP contribution in [0.25, 0.3) is 0 Å². The minimum absolute atomic E-state index is 0.847. The van der Waals surface area contributed by atoms with Gasteiger partial charge in [0.2, 0.25) is 0 Å². The lowest BCUT2D eigenvalue weighted by atomic mass is 10.1. The van der Waals surface area contributed by atoms with Gasteiger partial charge in [-0.1, -0.05) is 56.6 Å². The van der Waals surface area contributed by atoms with Gasteiger partial charge in [-0.15, -0.1) is 0 Å². The first kappa shape index (κ1) is 15.9. The number of hydrogen-bond acceptors (Lipinski definition) is 1. The van der Waals surface area contributed by atoms with Crippen LogP contribution in [-0.4, -0.2) is 6.29 Å². The minimum atomic E-state index is 0.847. The molecular formula is C16H26O. The van der Waals surface area contributed by atoms with Crippen molar-refractivity contribution >= 4 is 6.29 Å². The molecule has 0 spiro atoms. The molecule has 17 heavy (non-hydrogen) atoms. The SMILES string of the molecule is CC/C=C\C=C\CCCCCCC/C=C/C=O. The fourth-order valence-electron chi connectivity index (χ4n) is 1.60. The van der Waals surface area contributed by atoms with Crippen molar-refractivity contribution in [2.24, 2.45) is 0 Å². The van der Waals surface area contributed by atoms with Gasteiger partial charge in [0.1, 0.15) is 6.29 Å². The lowest BCUT2D eigenvalue weighted by molar-refractivity contribution is -0.104. The van der Waals surface area contributed by atoms with E-state index in [1.165, 1.54) is 38.5 Å². The Hall–Kier alpha value is -1.11. The van der Waals surface area contributed by atoms with Gasteiger partial charge in [-0.05, 0) is 38.2 Å². The molecule has 0 saturated carbocycles. The number of rotatable bonds is 11. The van der Waals surface area contributed by atoms with Gasteiger partial charge in [-0.25, -0.2) is 0 Å². The average molecular weight is 234 g/mol. The fourth-order valence-corrected chi connectivity index (χ4v) is 1.60. The maximum absolute atomic E-state index is 10.0. The maximum Gasteiger partial charge on any atom is 0.142 e. The molecule has 0 aliphatic carbocycles. The molecule has 0 fully saturated rings. The molecule has 0 aliphatic heterocycles. The van der Waals surface area contributed by atoms with Crippen molar-refractivity contribution in [3.05, 3.63) is 36.5 Å². The van der Waals surface area contributed by atoms with E-state index >= 15 is 0 Å². The van der Waals surface area contributed by atoms with Crippen LogP contribution >= 0.6 is 0 Å². The third-order valence-electron chi connectivity index (χ3n) is 2.58. The number of allylic oxidation sites excluding steroid dienone is 6. The first-order valence-electron chi connectivity index (χ1n) is 6.83. The summed E-state index contributed by atoms with van der Waals surface area (Å²) in [6.45, 7) is 2.15. The number of hydrogen-bond donors (Lipinski definition) is 0. The molecule has 0 N–H and O–H groups in total. The summed E-state index contributed by atoms with van der Waals surface area (Å²) in [6, 6.07) is 0. The van der Waals surface area contributed by atoms with Gasteiger partial charge in [0.15, 0.2) is 0 Å². The first-order valence-corrected chi connectivity index (χ1v) is 6.83. The maximum atomic E-state index is 10.0. The smallest absolute Gasteiger partial charge is 0.142 e. The summed E-state index contributed by atoms with van der Waals surface area (Å²) < 4.78 is 0. The van der Waals surface area contributed by atoms with Gasteiger partial charge >= 0.3 is 0 Å². The summed E-state index contributed by atoms with van der Waals surface area (Å²) in [6.07, 6.45) is 22.8. The van der Waals surface area contributed by atoms with Crippen LogP contribution in [0.5, 0.6) is 0 Å². The van der Waals surface area contributed by atoms with Crippen LogP contribution in [0.15, 0.2) is 36.5 Å². The van der Waals surface area contributed by atoms with Gasteiger partial charge in [-0.2, -0.15) is 0 Å². The number of aldehydes is 1. The zero-order valence-electron chi connectivity index (χ0n) is 11.1. The Labute approximate surface area is 106 Å². The van der Waals surface area contributed by atoms with Crippen LogP contribution in [0, 0.1) is 0 Å². The molecule has 1 heteroatoms. The second-order valence-electron chi connectivity index (χ2n) is 4.17. The van der Waals surface area contributed by atoms with Crippen molar-refractivity contribution in [1.29, 1.82) is 0 Å². The van der Waals surface area contributed by atoms with Crippen LogP contribution in [0.2, 0.25) is 0 Å². The summed E-state index contributed by atoms with van der Waals surface area (Å²) in [4.78, 5) is 10.0. The van der Waals surface area contributed by atoms with E-state index in [1.807, 2.05) is 6.08 Å². The predicted octanol–water partition coefficient (Wildman–Crippen LogP) is 4.99. The summed E-state index contributed by atoms with van der Waals surface area (Å²) in [5.41, 5.74) is 0. The minimum Gasteiger partial charge on any atom is -0.299 e. The standard InChI is InChI=1S/C16H26O/c1-2-3-4-5-6-7-8-9-10-11-12-13-14-15-16-17/h3-6,14-16H,2,7-13H2,1H3/b4-3-,6-5+,15-14+. The summed E-state index contributed by atoms with van der Waals surface area (Å²) in [5, 5.41) is 0. The molecule has 0 aliphatic rings. The van der Waals surface area contributed by atoms with Crippen LogP contribution in [0.3, 0.4) is 0 Å². The lowest BCUT2D eigenvalue weighted by Gasteiger charge is -1.97. The van der Waals surface area contributed by atoms with Crippen LogP contribution in [-0.2, 0) is 4.79 Å². The highest BCUT2D eigenvalue weighted by Crippen LogP contribution is 2.07. The van der Waals surface area contributed by atoms with Crippen molar-refractivity contribution in [2.75, 3.05) is 0 Å². The number of unbranched alkanes of at least 4 members (excludes halogenated alkanes) is 6. The Bertz CT molecular complexity index is 236. The monoisotopic (exact) mass is 234 g/mol. The summed E-state index contributed by atoms with van der Waals surface area (Å²) >= 11 is 0. The van der Waals surface area contributed by atoms with Crippen molar-refractivity contribution in [3.8, 4) is 0 Å². The predicted molar refractivity (Wildman–Crippen MR) is 76.1 cm³/mol. The lowest BCUT2D eigenvalue weighted by Crippen LogP contribution is -1.78. The van der Waals surface area contributed by atoms with E-state index in [2.05, 4.69) is 31.2 Å². The van der Waals surface area contributed by atoms with Gasteiger partial charge in [0.05, 0.1) is 0 Å². The molecule has 0 amide bonds. The highest BCUT2D eigenvalue weighted by Gasteiger charge is 1.88. The van der Waals surface area contributed by atoms with E-state index in [-0.39, 0.29) is 0 Å². The third-order valence-corrected chi connectivity index (χ3v) is 2.58. The second-order valence-corrected chi connectivity index (χ2v) is 4.17. The molecule has 96 valence electrons. The van der Waals surface area contributed by atoms with E-state index in [4.69, 9.17) is 0 Å². The van der Waals surface area contributed by atoms with Crippen LogP contribution < -0.4 is 0 Å². The topological polar surface area (TPSA) is 17.1 Å². The summed E-state index contributed by atoms with van der Waals surface area (Å²) in [5.74, 6) is 0. The molecule has 0 saturated heterocycles. The highest BCUT2D eigenvalue weighted by atomic mass is 16.1. The van der Waals surface area contributed by atoms with Gasteiger partial charge in [-0.3, -0.25) is 4.79 Å². The molecule has 0 aromatic carbocycles. The molecule has 0 unspecified atom stereocenters. The Morgan fingerprint density at radius 1 is 0.706 bits per heavy atom. The van der Waals surface area contributed by atoms with E-state index in [9.17, 15) is 4.79 Å². The largest absolute Gasteiger partial charge is 0.299 e. The zero-order valence-corrected chi connectivity index (χ0v) is 11.1.